The van der Waals surface area contributed by atoms with E-state index in [1.165, 1.54) is 23.5 Å². The number of carbonyl (C=O) groups excluding carboxylic acids is 1. The highest BCUT2D eigenvalue weighted by Gasteiger charge is 2.38. The second kappa shape index (κ2) is 17.8. The lowest BCUT2D eigenvalue weighted by molar-refractivity contribution is -0.617. The Labute approximate surface area is 364 Å². The predicted octanol–water partition coefficient (Wildman–Crippen LogP) is 5.77. The van der Waals surface area contributed by atoms with Gasteiger partial charge in [-0.05, 0) is 122 Å². The Bertz CT molecular complexity index is 2320. The largest absolute Gasteiger partial charge is 0.619 e. The van der Waals surface area contributed by atoms with Crippen LogP contribution >= 0.6 is 55.1 Å². The maximum Gasteiger partial charge on any atom is 0.227 e. The molecule has 2 fully saturated rings. The number of rotatable bonds is 4. The van der Waals surface area contributed by atoms with Crippen molar-refractivity contribution in [3.05, 3.63) is 170 Å². The number of hydrogen-bond donors (Lipinski definition) is 1. The number of aromatic nitrogens is 3. The van der Waals surface area contributed by atoms with Crippen molar-refractivity contribution in [3.8, 4) is 0 Å². The summed E-state index contributed by atoms with van der Waals surface area (Å²) in [6.07, 6.45) is 9.61. The fraction of sp³-hybridized carbons (Fsp3) is 0.349. The number of amides is 1. The molecule has 3 aromatic heterocycles. The van der Waals surface area contributed by atoms with Crippen LogP contribution < -0.4 is 19.5 Å². The molecule has 15 heteroatoms. The first-order valence-corrected chi connectivity index (χ1v) is 21.9. The van der Waals surface area contributed by atoms with Gasteiger partial charge in [-0.25, -0.2) is 0 Å². The fourth-order valence-electron chi connectivity index (χ4n) is 8.90. The van der Waals surface area contributed by atoms with Gasteiger partial charge < -0.3 is 25.8 Å². The number of nitrogens with one attached hydrogen (secondary N) is 1. The lowest BCUT2D eigenvalue weighted by atomic mass is 9.96. The minimum Gasteiger partial charge on any atom is -0.619 e. The van der Waals surface area contributed by atoms with Crippen molar-refractivity contribution in [2.75, 3.05) is 52.4 Å². The van der Waals surface area contributed by atoms with Crippen LogP contribution in [-0.4, -0.2) is 73.0 Å². The molecule has 0 saturated carbocycles. The summed E-state index contributed by atoms with van der Waals surface area (Å²) in [5.74, 6) is 0.0413. The lowest BCUT2D eigenvalue weighted by Gasteiger charge is -2.39. The van der Waals surface area contributed by atoms with Gasteiger partial charge in [0.05, 0.1) is 15.4 Å². The standard InChI is InChI=1S/C25H24BrClN4O3.C18H19BrClN3O/c26-20-14-19-2-1-18-15-21(27)3-4-22(18)25(24(19)31(34)16-20)29-11-9-28(10-12-29)23(32)13-17-5-7-30(33)8-6-17;19-14-9-13-2-1-12-10-15(20)3-4-16(12)18(17(13)23(24)11-14)22-7-5-21-6-8-22/h3-8,14-16,25H,1-2,9-13H2;3-4,9-11,18,21H,1-2,5-8H2/t25-;18-/m11/s1. The van der Waals surface area contributed by atoms with Gasteiger partial charge in [0.25, 0.3) is 0 Å². The minimum absolute atomic E-state index is 0.0116. The van der Waals surface area contributed by atoms with Crippen LogP contribution in [0.15, 0.2) is 94.4 Å². The van der Waals surface area contributed by atoms with Gasteiger partial charge in [-0.1, -0.05) is 35.3 Å². The van der Waals surface area contributed by atoms with Crippen LogP contribution in [0.4, 0.5) is 0 Å². The molecule has 1 N–H and O–H groups in total. The number of hydrogen-bond acceptors (Lipinski definition) is 7. The molecule has 4 aliphatic rings. The van der Waals surface area contributed by atoms with E-state index in [4.69, 9.17) is 23.2 Å². The molecule has 11 nitrogen and oxygen atoms in total. The second-order valence-electron chi connectivity index (χ2n) is 15.2. The SMILES string of the molecule is O=C(Cc1cc[n+]([O-])cc1)N1CCN([C@@H]2c3ccc(Cl)cc3CCc3cc(Br)c[n+]([O-])c32)CC1.[O-][n+]1cc(Br)cc2c1[C@H](N1CCNCC1)c1ccc(Cl)cc1CC2. The summed E-state index contributed by atoms with van der Waals surface area (Å²) in [7, 11) is 0. The smallest absolute Gasteiger partial charge is 0.227 e. The molecule has 2 aliphatic carbocycles. The van der Waals surface area contributed by atoms with E-state index >= 15 is 0 Å². The molecule has 58 heavy (non-hydrogen) atoms. The first-order chi connectivity index (χ1) is 28.0. The van der Waals surface area contributed by atoms with Crippen molar-refractivity contribution < 1.29 is 19.0 Å². The number of halogens is 4. The average molecular weight is 953 g/mol. The molecular weight excluding hydrogens is 909 g/mol. The zero-order valence-electron chi connectivity index (χ0n) is 31.8. The highest BCUT2D eigenvalue weighted by molar-refractivity contribution is 9.10. The van der Waals surface area contributed by atoms with Crippen LogP contribution in [-0.2, 0) is 36.9 Å². The van der Waals surface area contributed by atoms with E-state index < -0.39 is 0 Å². The van der Waals surface area contributed by atoms with Gasteiger partial charge >= 0.3 is 0 Å². The van der Waals surface area contributed by atoms with E-state index in [9.17, 15) is 20.4 Å². The molecule has 0 spiro atoms. The topological polar surface area (TPSA) is 120 Å². The van der Waals surface area contributed by atoms with Crippen molar-refractivity contribution in [2.45, 2.75) is 44.2 Å². The Balaban J connectivity index is 0.000000172. The van der Waals surface area contributed by atoms with E-state index in [1.54, 1.807) is 24.5 Å². The molecule has 2 aliphatic heterocycles. The average Bonchev–Trinajstić information content (AvgIpc) is 3.47. The van der Waals surface area contributed by atoms with Gasteiger partial charge in [0.1, 0.15) is 12.1 Å². The van der Waals surface area contributed by atoms with Crippen molar-refractivity contribution in [3.63, 3.8) is 0 Å². The summed E-state index contributed by atoms with van der Waals surface area (Å²) in [6, 6.07) is 19.3. The number of aryl methyl sites for hydroxylation is 4. The maximum atomic E-state index is 13.1. The molecule has 9 rings (SSSR count). The summed E-state index contributed by atoms with van der Waals surface area (Å²) in [5.41, 5.74) is 9.30. The van der Waals surface area contributed by atoms with Crippen molar-refractivity contribution in [1.29, 1.82) is 0 Å². The number of pyridine rings is 3. The Morgan fingerprint density at radius 1 is 0.655 bits per heavy atom. The number of piperazine rings is 2. The Morgan fingerprint density at radius 2 is 1.12 bits per heavy atom. The lowest BCUT2D eigenvalue weighted by Crippen LogP contribution is -2.52. The first kappa shape index (κ1) is 40.9. The molecular formula is C43H43Br2Cl2N7O4. The van der Waals surface area contributed by atoms with Crippen LogP contribution in [0, 0.1) is 15.6 Å². The third kappa shape index (κ3) is 8.86. The number of nitrogens with zero attached hydrogens (tertiary/aromatic N) is 6. The molecule has 1 amide bonds. The normalized spacial score (nSPS) is 19.3. The molecule has 5 heterocycles. The molecule has 2 saturated heterocycles. The summed E-state index contributed by atoms with van der Waals surface area (Å²) in [6.45, 7) is 6.24. The summed E-state index contributed by atoms with van der Waals surface area (Å²) >= 11 is 19.5. The van der Waals surface area contributed by atoms with Crippen molar-refractivity contribution in [2.24, 2.45) is 0 Å². The number of benzene rings is 2. The van der Waals surface area contributed by atoms with Crippen molar-refractivity contribution in [1.82, 2.24) is 20.0 Å². The number of fused-ring (bicyclic) bond motifs is 4. The van der Waals surface area contributed by atoms with Gasteiger partial charge in [0.15, 0.2) is 24.8 Å². The molecule has 302 valence electrons. The van der Waals surface area contributed by atoms with Crippen molar-refractivity contribution >= 4 is 61.0 Å². The van der Waals surface area contributed by atoms with E-state index in [0.29, 0.717) is 35.9 Å². The van der Waals surface area contributed by atoms with E-state index in [2.05, 4.69) is 65.2 Å². The van der Waals surface area contributed by atoms with Crippen LogP contribution in [0.1, 0.15) is 62.4 Å². The van der Waals surface area contributed by atoms with Gasteiger partial charge in [0.2, 0.25) is 17.3 Å². The Kier molecular flexibility index (Phi) is 12.6. The highest BCUT2D eigenvalue weighted by Crippen LogP contribution is 2.39. The summed E-state index contributed by atoms with van der Waals surface area (Å²) < 4.78 is 4.35. The number of carbonyl (C=O) groups is 1. The van der Waals surface area contributed by atoms with Gasteiger partial charge in [-0.2, -0.15) is 14.2 Å². The second-order valence-corrected chi connectivity index (χ2v) is 17.9. The van der Waals surface area contributed by atoms with Gasteiger partial charge in [0, 0.05) is 85.7 Å². The first-order valence-electron chi connectivity index (χ1n) is 19.6. The van der Waals surface area contributed by atoms with Crippen LogP contribution in [0.3, 0.4) is 0 Å². The zero-order chi connectivity index (χ0) is 40.5. The minimum atomic E-state index is -0.200. The molecule has 0 radical (unpaired) electrons. The molecule has 0 unspecified atom stereocenters. The van der Waals surface area contributed by atoms with Crippen LogP contribution in [0.2, 0.25) is 10.0 Å². The third-order valence-electron chi connectivity index (χ3n) is 11.7. The monoisotopic (exact) mass is 949 g/mol. The highest BCUT2D eigenvalue weighted by atomic mass is 79.9. The Hall–Kier alpha value is -3.82. The molecule has 2 atom stereocenters. The quantitative estimate of drug-likeness (QED) is 0.180. The molecule has 0 bridgehead atoms. The molecule has 2 aromatic carbocycles. The van der Waals surface area contributed by atoms with Crippen LogP contribution in [0.25, 0.3) is 0 Å². The molecule has 5 aromatic rings. The van der Waals surface area contributed by atoms with Gasteiger partial charge in [-0.15, -0.1) is 0 Å². The van der Waals surface area contributed by atoms with Crippen LogP contribution in [0.5, 0.6) is 0 Å². The van der Waals surface area contributed by atoms with E-state index in [0.717, 1.165) is 114 Å². The fourth-order valence-corrected chi connectivity index (χ4v) is 10.2. The van der Waals surface area contributed by atoms with Gasteiger partial charge in [-0.3, -0.25) is 14.6 Å². The van der Waals surface area contributed by atoms with E-state index in [-0.39, 0.29) is 24.4 Å². The summed E-state index contributed by atoms with van der Waals surface area (Å²) in [5, 5.41) is 42.0. The third-order valence-corrected chi connectivity index (χ3v) is 13.0. The maximum absolute atomic E-state index is 13.1. The van der Waals surface area contributed by atoms with E-state index in [1.807, 2.05) is 35.2 Å². The predicted molar refractivity (Wildman–Crippen MR) is 229 cm³/mol. The Morgan fingerprint density at radius 3 is 1.62 bits per heavy atom. The summed E-state index contributed by atoms with van der Waals surface area (Å²) in [4.78, 5) is 19.4. The zero-order valence-corrected chi connectivity index (χ0v) is 36.4.